The molecule has 0 aliphatic carbocycles. The van der Waals surface area contributed by atoms with E-state index in [9.17, 15) is 23.1 Å². The van der Waals surface area contributed by atoms with E-state index in [1.165, 1.54) is 30.3 Å². The zero-order valence-corrected chi connectivity index (χ0v) is 17.4. The third kappa shape index (κ3) is 5.98. The van der Waals surface area contributed by atoms with Gasteiger partial charge >= 0.3 is 5.97 Å². The van der Waals surface area contributed by atoms with E-state index < -0.39 is 34.1 Å². The van der Waals surface area contributed by atoms with Gasteiger partial charge in [0.25, 0.3) is 0 Å². The third-order valence-electron chi connectivity index (χ3n) is 4.61. The summed E-state index contributed by atoms with van der Waals surface area (Å²) in [7, 11) is -3.53. The van der Waals surface area contributed by atoms with E-state index in [4.69, 9.17) is 10.1 Å². The van der Waals surface area contributed by atoms with Crippen LogP contribution >= 0.6 is 0 Å². The van der Waals surface area contributed by atoms with Crippen LogP contribution in [0.1, 0.15) is 38.7 Å². The van der Waals surface area contributed by atoms with Crippen LogP contribution in [0.5, 0.6) is 0 Å². The van der Waals surface area contributed by atoms with Gasteiger partial charge in [-0.3, -0.25) is 9.59 Å². The Morgan fingerprint density at radius 1 is 1.10 bits per heavy atom. The normalized spacial score (nSPS) is 16.1. The van der Waals surface area contributed by atoms with Crippen molar-refractivity contribution in [1.29, 1.82) is 5.41 Å². The lowest BCUT2D eigenvalue weighted by atomic mass is 10.1. The Balaban J connectivity index is 1.99. The molecule has 1 aromatic rings. The molecule has 0 atom stereocenters. The molecule has 0 aromatic heterocycles. The average molecular weight is 423 g/mol. The second-order valence-electron chi connectivity index (χ2n) is 6.95. The number of sulfonamides is 1. The molecule has 1 heterocycles. The lowest BCUT2D eigenvalue weighted by Crippen LogP contribution is -2.35. The SMILES string of the molecule is CC(=N)/C(C(C)=O)=C(\O)COC(=O)Cc1ccc(S(=O)(=O)N2CCCCC2)cc1. The van der Waals surface area contributed by atoms with Crippen LogP contribution in [0.25, 0.3) is 0 Å². The van der Waals surface area contributed by atoms with E-state index in [1.807, 2.05) is 0 Å². The molecule has 1 aliphatic rings. The minimum atomic E-state index is -3.53. The molecular formula is C20H26N2O6S. The van der Waals surface area contributed by atoms with Crippen LogP contribution in [0, 0.1) is 5.41 Å². The summed E-state index contributed by atoms with van der Waals surface area (Å²) in [4.78, 5) is 23.6. The number of benzene rings is 1. The Morgan fingerprint density at radius 2 is 1.69 bits per heavy atom. The van der Waals surface area contributed by atoms with E-state index in [0.717, 1.165) is 19.3 Å². The zero-order valence-electron chi connectivity index (χ0n) is 16.6. The quantitative estimate of drug-likeness (QED) is 0.287. The molecule has 1 saturated heterocycles. The number of rotatable bonds is 8. The zero-order chi connectivity index (χ0) is 21.6. The lowest BCUT2D eigenvalue weighted by Gasteiger charge is -2.25. The Kier molecular flexibility index (Phi) is 7.69. The monoisotopic (exact) mass is 422 g/mol. The fraction of sp³-hybridized carbons (Fsp3) is 0.450. The molecule has 0 amide bonds. The molecule has 8 nitrogen and oxygen atoms in total. The number of ketones is 1. The maximum atomic E-state index is 12.6. The van der Waals surface area contributed by atoms with E-state index >= 15 is 0 Å². The van der Waals surface area contributed by atoms with Crippen molar-refractivity contribution < 1.29 is 27.9 Å². The molecule has 0 unspecified atom stereocenters. The number of aliphatic hydroxyl groups excluding tert-OH is 1. The minimum Gasteiger partial charge on any atom is -0.508 e. The number of aliphatic hydroxyl groups is 1. The highest BCUT2D eigenvalue weighted by Crippen LogP contribution is 2.21. The van der Waals surface area contributed by atoms with E-state index in [1.54, 1.807) is 12.1 Å². The molecule has 1 aliphatic heterocycles. The summed E-state index contributed by atoms with van der Waals surface area (Å²) in [5, 5.41) is 17.4. The van der Waals surface area contributed by atoms with Gasteiger partial charge in [-0.1, -0.05) is 18.6 Å². The highest BCUT2D eigenvalue weighted by molar-refractivity contribution is 7.89. The van der Waals surface area contributed by atoms with Gasteiger partial charge < -0.3 is 15.3 Å². The number of hydrogen-bond donors (Lipinski definition) is 2. The summed E-state index contributed by atoms with van der Waals surface area (Å²) in [5.74, 6) is -1.61. The number of piperidine rings is 1. The number of carbonyl (C=O) groups excluding carboxylic acids is 2. The number of Topliss-reactive ketones (excluding diaryl/α,β-unsaturated/α-hetero) is 1. The standard InChI is InChI=1S/C20H26N2O6S/c1-14(21)20(15(2)23)18(24)13-28-19(25)12-16-6-8-17(9-7-16)29(26,27)22-10-4-3-5-11-22/h6-9,21,24H,3-5,10-13H2,1-2H3/b20-18+,21-14?. The van der Waals surface area contributed by atoms with Crippen molar-refractivity contribution in [2.24, 2.45) is 0 Å². The third-order valence-corrected chi connectivity index (χ3v) is 6.52. The van der Waals surface area contributed by atoms with E-state index in [2.05, 4.69) is 0 Å². The van der Waals surface area contributed by atoms with Gasteiger partial charge in [-0.05, 0) is 44.4 Å². The van der Waals surface area contributed by atoms with Crippen molar-refractivity contribution in [1.82, 2.24) is 4.31 Å². The first kappa shape index (κ1) is 22.8. The number of nitrogens with one attached hydrogen (secondary N) is 1. The predicted octanol–water partition coefficient (Wildman–Crippen LogP) is 2.39. The van der Waals surface area contributed by atoms with Gasteiger partial charge in [0.15, 0.2) is 5.78 Å². The average Bonchev–Trinajstić information content (AvgIpc) is 2.67. The van der Waals surface area contributed by atoms with Crippen molar-refractivity contribution in [2.75, 3.05) is 19.7 Å². The fourth-order valence-electron chi connectivity index (χ4n) is 3.16. The summed E-state index contributed by atoms with van der Waals surface area (Å²) >= 11 is 0. The number of nitrogens with zero attached hydrogens (tertiary/aromatic N) is 1. The Labute approximate surface area is 170 Å². The molecule has 2 N–H and O–H groups in total. The van der Waals surface area contributed by atoms with Crippen LogP contribution in [-0.2, 0) is 30.8 Å². The van der Waals surface area contributed by atoms with Crippen LogP contribution in [-0.4, -0.2) is 55.0 Å². The summed E-state index contributed by atoms with van der Waals surface area (Å²) in [5.41, 5.74) is 0.271. The predicted molar refractivity (Wildman–Crippen MR) is 107 cm³/mol. The highest BCUT2D eigenvalue weighted by Gasteiger charge is 2.25. The van der Waals surface area contributed by atoms with Crippen LogP contribution < -0.4 is 0 Å². The first-order valence-electron chi connectivity index (χ1n) is 9.36. The molecule has 1 aromatic carbocycles. The minimum absolute atomic E-state index is 0.114. The number of allylic oxidation sites excluding steroid dienone is 1. The summed E-state index contributed by atoms with van der Waals surface area (Å²) in [6.07, 6.45) is 2.63. The molecule has 1 fully saturated rings. The van der Waals surface area contributed by atoms with E-state index in [-0.39, 0.29) is 22.6 Å². The van der Waals surface area contributed by atoms with Gasteiger partial charge in [0, 0.05) is 18.8 Å². The summed E-state index contributed by atoms with van der Waals surface area (Å²) in [6, 6.07) is 6.04. The van der Waals surface area contributed by atoms with Crippen molar-refractivity contribution in [3.8, 4) is 0 Å². The van der Waals surface area contributed by atoms with Gasteiger partial charge in [-0.2, -0.15) is 4.31 Å². The maximum Gasteiger partial charge on any atom is 0.310 e. The van der Waals surface area contributed by atoms with Crippen LogP contribution in [0.3, 0.4) is 0 Å². The first-order chi connectivity index (χ1) is 13.6. The van der Waals surface area contributed by atoms with Gasteiger partial charge in [-0.25, -0.2) is 8.42 Å². The number of esters is 1. The van der Waals surface area contributed by atoms with Crippen molar-refractivity contribution in [3.63, 3.8) is 0 Å². The van der Waals surface area contributed by atoms with Gasteiger partial charge in [-0.15, -0.1) is 0 Å². The van der Waals surface area contributed by atoms with Gasteiger partial charge in [0.2, 0.25) is 10.0 Å². The largest absolute Gasteiger partial charge is 0.508 e. The van der Waals surface area contributed by atoms with Crippen LogP contribution in [0.2, 0.25) is 0 Å². The number of hydrogen-bond acceptors (Lipinski definition) is 7. The second-order valence-corrected chi connectivity index (χ2v) is 8.89. The molecule has 0 saturated carbocycles. The molecule has 158 valence electrons. The van der Waals surface area contributed by atoms with Crippen molar-refractivity contribution >= 4 is 27.5 Å². The van der Waals surface area contributed by atoms with Gasteiger partial charge in [0.05, 0.1) is 16.9 Å². The fourth-order valence-corrected chi connectivity index (χ4v) is 4.67. The van der Waals surface area contributed by atoms with Crippen LogP contribution in [0.15, 0.2) is 40.5 Å². The molecule has 9 heteroatoms. The number of ether oxygens (including phenoxy) is 1. The van der Waals surface area contributed by atoms with E-state index in [0.29, 0.717) is 18.7 Å². The maximum absolute atomic E-state index is 12.6. The topological polar surface area (TPSA) is 125 Å². The van der Waals surface area contributed by atoms with Gasteiger partial charge in [0.1, 0.15) is 12.4 Å². The number of carbonyl (C=O) groups is 2. The molecule has 0 spiro atoms. The lowest BCUT2D eigenvalue weighted by molar-refractivity contribution is -0.142. The highest BCUT2D eigenvalue weighted by atomic mass is 32.2. The second kappa shape index (κ2) is 9.80. The van der Waals surface area contributed by atoms with Crippen molar-refractivity contribution in [3.05, 3.63) is 41.2 Å². The summed E-state index contributed by atoms with van der Waals surface area (Å²) in [6.45, 7) is 3.10. The first-order valence-corrected chi connectivity index (χ1v) is 10.8. The van der Waals surface area contributed by atoms with Crippen LogP contribution in [0.4, 0.5) is 0 Å². The Hall–Kier alpha value is -2.52. The molecule has 0 bridgehead atoms. The molecule has 29 heavy (non-hydrogen) atoms. The molecule has 0 radical (unpaired) electrons. The summed E-state index contributed by atoms with van der Waals surface area (Å²) < 4.78 is 31.7. The Bertz CT molecular complexity index is 897. The molecular weight excluding hydrogens is 396 g/mol. The Morgan fingerprint density at radius 3 is 2.21 bits per heavy atom. The van der Waals surface area contributed by atoms with Crippen molar-refractivity contribution in [2.45, 2.75) is 44.4 Å². The smallest absolute Gasteiger partial charge is 0.310 e. The molecule has 2 rings (SSSR count).